The predicted octanol–water partition coefficient (Wildman–Crippen LogP) is 2.37. The molecular formula is C15H32N2O. The molecular weight excluding hydrogens is 224 g/mol. The van der Waals surface area contributed by atoms with E-state index in [9.17, 15) is 0 Å². The topological polar surface area (TPSA) is 24.5 Å². The van der Waals surface area contributed by atoms with Gasteiger partial charge in [0, 0.05) is 32.3 Å². The summed E-state index contributed by atoms with van der Waals surface area (Å²) in [5.41, 5.74) is 0. The maximum Gasteiger partial charge on any atom is 0.0469 e. The fraction of sp³-hybridized carbons (Fsp3) is 1.00. The highest BCUT2D eigenvalue weighted by atomic mass is 16.5. The highest BCUT2D eigenvalue weighted by Gasteiger charge is 2.19. The second kappa shape index (κ2) is 8.89. The van der Waals surface area contributed by atoms with Gasteiger partial charge in [0.2, 0.25) is 0 Å². The van der Waals surface area contributed by atoms with Crippen LogP contribution in [0.25, 0.3) is 0 Å². The van der Waals surface area contributed by atoms with Crippen LogP contribution in [0.4, 0.5) is 0 Å². The minimum absolute atomic E-state index is 0.673. The van der Waals surface area contributed by atoms with Crippen LogP contribution in [0.1, 0.15) is 40.0 Å². The van der Waals surface area contributed by atoms with Crippen molar-refractivity contribution in [1.82, 2.24) is 10.2 Å². The van der Waals surface area contributed by atoms with E-state index in [2.05, 4.69) is 38.0 Å². The molecule has 1 N–H and O–H groups in total. The molecule has 0 saturated carbocycles. The number of likely N-dealkylation sites (N-methyl/N-ethyl adjacent to an activating group) is 1. The van der Waals surface area contributed by atoms with Crippen LogP contribution in [-0.2, 0) is 4.74 Å². The Morgan fingerprint density at radius 3 is 2.44 bits per heavy atom. The van der Waals surface area contributed by atoms with Crippen molar-refractivity contribution in [2.75, 3.05) is 39.9 Å². The molecule has 1 unspecified atom stereocenters. The molecule has 3 nitrogen and oxygen atoms in total. The van der Waals surface area contributed by atoms with Gasteiger partial charge in [-0.15, -0.1) is 0 Å². The molecule has 0 aromatic heterocycles. The minimum atomic E-state index is 0.673. The fourth-order valence-electron chi connectivity index (χ4n) is 2.64. The lowest BCUT2D eigenvalue weighted by molar-refractivity contribution is 0.0499. The summed E-state index contributed by atoms with van der Waals surface area (Å²) in [4.78, 5) is 2.54. The van der Waals surface area contributed by atoms with Crippen molar-refractivity contribution in [3.63, 3.8) is 0 Å². The van der Waals surface area contributed by atoms with E-state index < -0.39 is 0 Å². The summed E-state index contributed by atoms with van der Waals surface area (Å²) in [5.74, 6) is 1.58. The smallest absolute Gasteiger partial charge is 0.0469 e. The van der Waals surface area contributed by atoms with Gasteiger partial charge in [0.25, 0.3) is 0 Å². The van der Waals surface area contributed by atoms with Crippen molar-refractivity contribution >= 4 is 0 Å². The number of hydrogen-bond donors (Lipinski definition) is 1. The first kappa shape index (κ1) is 15.9. The normalized spacial score (nSPS) is 19.7. The molecule has 0 bridgehead atoms. The van der Waals surface area contributed by atoms with Crippen LogP contribution < -0.4 is 5.32 Å². The van der Waals surface area contributed by atoms with Crippen molar-refractivity contribution < 1.29 is 4.74 Å². The van der Waals surface area contributed by atoms with Gasteiger partial charge in [-0.05, 0) is 44.7 Å². The van der Waals surface area contributed by atoms with Gasteiger partial charge in [0.05, 0.1) is 0 Å². The first-order valence-corrected chi connectivity index (χ1v) is 7.62. The zero-order valence-corrected chi connectivity index (χ0v) is 12.7. The lowest BCUT2D eigenvalue weighted by Gasteiger charge is -2.32. The molecule has 3 heteroatoms. The lowest BCUT2D eigenvalue weighted by Crippen LogP contribution is -2.43. The van der Waals surface area contributed by atoms with Crippen molar-refractivity contribution in [2.45, 2.75) is 46.1 Å². The van der Waals surface area contributed by atoms with Crippen LogP contribution in [0.5, 0.6) is 0 Å². The standard InChI is InChI=1S/C15H32N2O/c1-5-15(11-16-10-13(2)3)17(4)12-14-6-8-18-9-7-14/h13-16H,5-12H2,1-4H3. The molecule has 1 fully saturated rings. The number of hydrogen-bond acceptors (Lipinski definition) is 3. The first-order chi connectivity index (χ1) is 8.63. The Morgan fingerprint density at radius 1 is 1.22 bits per heavy atom. The van der Waals surface area contributed by atoms with Gasteiger partial charge in [-0.1, -0.05) is 20.8 Å². The van der Waals surface area contributed by atoms with Crippen LogP contribution in [0.2, 0.25) is 0 Å². The van der Waals surface area contributed by atoms with Crippen LogP contribution in [0.3, 0.4) is 0 Å². The zero-order chi connectivity index (χ0) is 13.4. The second-order valence-corrected chi connectivity index (χ2v) is 6.11. The Morgan fingerprint density at radius 2 is 1.89 bits per heavy atom. The monoisotopic (exact) mass is 256 g/mol. The Bertz CT molecular complexity index is 203. The maximum absolute atomic E-state index is 5.43. The van der Waals surface area contributed by atoms with E-state index >= 15 is 0 Å². The summed E-state index contributed by atoms with van der Waals surface area (Å²) in [6, 6.07) is 0.673. The SMILES string of the molecule is CCC(CNCC(C)C)N(C)CC1CCOCC1. The molecule has 0 radical (unpaired) electrons. The minimum Gasteiger partial charge on any atom is -0.381 e. The summed E-state index contributed by atoms with van der Waals surface area (Å²) >= 11 is 0. The molecule has 0 aliphatic carbocycles. The number of nitrogens with zero attached hydrogens (tertiary/aromatic N) is 1. The van der Waals surface area contributed by atoms with E-state index in [1.54, 1.807) is 0 Å². The third-order valence-electron chi connectivity index (χ3n) is 3.91. The Labute approximate surface area is 113 Å². The van der Waals surface area contributed by atoms with Gasteiger partial charge in [0.1, 0.15) is 0 Å². The number of ether oxygens (including phenoxy) is 1. The molecule has 0 aromatic carbocycles. The summed E-state index contributed by atoms with van der Waals surface area (Å²) < 4.78 is 5.43. The van der Waals surface area contributed by atoms with Crippen LogP contribution >= 0.6 is 0 Å². The van der Waals surface area contributed by atoms with Gasteiger partial charge in [-0.25, -0.2) is 0 Å². The Hall–Kier alpha value is -0.120. The number of rotatable bonds is 8. The molecule has 0 aromatic rings. The summed E-state index contributed by atoms with van der Waals surface area (Å²) in [6.07, 6.45) is 3.70. The maximum atomic E-state index is 5.43. The van der Waals surface area contributed by atoms with E-state index in [0.717, 1.165) is 38.1 Å². The molecule has 18 heavy (non-hydrogen) atoms. The molecule has 1 rings (SSSR count). The van der Waals surface area contributed by atoms with E-state index in [0.29, 0.717) is 6.04 Å². The predicted molar refractivity (Wildman–Crippen MR) is 78.0 cm³/mol. The van der Waals surface area contributed by atoms with E-state index in [1.807, 2.05) is 0 Å². The Balaban J connectivity index is 2.24. The molecule has 1 aliphatic heterocycles. The van der Waals surface area contributed by atoms with Gasteiger partial charge in [-0.2, -0.15) is 0 Å². The number of nitrogens with one attached hydrogen (secondary N) is 1. The lowest BCUT2D eigenvalue weighted by atomic mass is 9.99. The quantitative estimate of drug-likeness (QED) is 0.721. The van der Waals surface area contributed by atoms with Gasteiger partial charge >= 0.3 is 0 Å². The molecule has 0 spiro atoms. The first-order valence-electron chi connectivity index (χ1n) is 7.62. The molecule has 1 heterocycles. The average molecular weight is 256 g/mol. The van der Waals surface area contributed by atoms with Crippen LogP contribution in [0.15, 0.2) is 0 Å². The van der Waals surface area contributed by atoms with Crippen molar-refractivity contribution in [3.05, 3.63) is 0 Å². The largest absolute Gasteiger partial charge is 0.381 e. The van der Waals surface area contributed by atoms with Gasteiger partial charge in [0.15, 0.2) is 0 Å². The van der Waals surface area contributed by atoms with E-state index in [1.165, 1.54) is 25.8 Å². The van der Waals surface area contributed by atoms with Gasteiger partial charge < -0.3 is 15.0 Å². The molecule has 1 saturated heterocycles. The third kappa shape index (κ3) is 6.17. The summed E-state index contributed by atoms with van der Waals surface area (Å²) in [5, 5.41) is 3.59. The Kier molecular flexibility index (Phi) is 7.87. The van der Waals surface area contributed by atoms with E-state index in [-0.39, 0.29) is 0 Å². The van der Waals surface area contributed by atoms with Crippen molar-refractivity contribution in [2.24, 2.45) is 11.8 Å². The van der Waals surface area contributed by atoms with Crippen LogP contribution in [0, 0.1) is 11.8 Å². The summed E-state index contributed by atoms with van der Waals surface area (Å²) in [7, 11) is 2.28. The third-order valence-corrected chi connectivity index (χ3v) is 3.91. The summed E-state index contributed by atoms with van der Waals surface area (Å²) in [6.45, 7) is 12.2. The molecule has 1 aliphatic rings. The highest BCUT2D eigenvalue weighted by molar-refractivity contribution is 4.74. The van der Waals surface area contributed by atoms with Crippen molar-refractivity contribution in [3.8, 4) is 0 Å². The van der Waals surface area contributed by atoms with E-state index in [4.69, 9.17) is 4.74 Å². The van der Waals surface area contributed by atoms with Gasteiger partial charge in [-0.3, -0.25) is 0 Å². The molecule has 0 amide bonds. The molecule has 1 atom stereocenters. The molecule has 108 valence electrons. The fourth-order valence-corrected chi connectivity index (χ4v) is 2.64. The highest BCUT2D eigenvalue weighted by Crippen LogP contribution is 2.17. The zero-order valence-electron chi connectivity index (χ0n) is 12.7. The average Bonchev–Trinajstić information content (AvgIpc) is 2.35. The second-order valence-electron chi connectivity index (χ2n) is 6.11. The van der Waals surface area contributed by atoms with Crippen LogP contribution in [-0.4, -0.2) is 50.8 Å². The van der Waals surface area contributed by atoms with Crippen molar-refractivity contribution in [1.29, 1.82) is 0 Å².